The van der Waals surface area contributed by atoms with Crippen LogP contribution in [0.2, 0.25) is 0 Å². The molecule has 0 unspecified atom stereocenters. The summed E-state index contributed by atoms with van der Waals surface area (Å²) in [7, 11) is -3.63. The van der Waals surface area contributed by atoms with Gasteiger partial charge < -0.3 is 5.32 Å². The van der Waals surface area contributed by atoms with Crippen LogP contribution in [0.25, 0.3) is 0 Å². The Morgan fingerprint density at radius 3 is 2.20 bits per heavy atom. The molecule has 1 amide bonds. The van der Waals surface area contributed by atoms with Gasteiger partial charge in [-0.3, -0.25) is 4.79 Å². The molecule has 7 heteroatoms. The summed E-state index contributed by atoms with van der Waals surface area (Å²) in [6.07, 6.45) is 0. The maximum absolute atomic E-state index is 13.7. The van der Waals surface area contributed by atoms with Crippen LogP contribution in [0.15, 0.2) is 77.7 Å². The summed E-state index contributed by atoms with van der Waals surface area (Å²) in [5.74, 6) is -0.950. The molecule has 0 spiro atoms. The Morgan fingerprint density at radius 2 is 1.60 bits per heavy atom. The van der Waals surface area contributed by atoms with Gasteiger partial charge in [-0.1, -0.05) is 48.9 Å². The number of nitrogens with zero attached hydrogens (tertiary/aromatic N) is 1. The first-order valence-electron chi connectivity index (χ1n) is 9.53. The maximum atomic E-state index is 13.7. The van der Waals surface area contributed by atoms with E-state index in [1.54, 1.807) is 67.6 Å². The third kappa shape index (κ3) is 4.93. The Balaban J connectivity index is 1.73. The lowest BCUT2D eigenvalue weighted by molar-refractivity contribution is 0.102. The first-order valence-corrected chi connectivity index (χ1v) is 11.0. The molecule has 0 aromatic heterocycles. The molecular formula is C23H23FN2O3S. The summed E-state index contributed by atoms with van der Waals surface area (Å²) < 4.78 is 40.9. The zero-order valence-electron chi connectivity index (χ0n) is 16.8. The molecule has 0 aliphatic rings. The first-order chi connectivity index (χ1) is 14.3. The van der Waals surface area contributed by atoms with Crippen LogP contribution in [0.5, 0.6) is 0 Å². The lowest BCUT2D eigenvalue weighted by Gasteiger charge is -2.21. The number of carbonyl (C=O) groups excluding carboxylic acids is 1. The standard InChI is InChI=1S/C23H23FN2O3S/c1-3-26(30(28,29)20-14-8-17(2)9-15-20)16-18-10-12-19(13-11-18)23(27)25-22-7-5-4-6-21(22)24/h4-15H,3,16H2,1-2H3,(H,25,27). The molecule has 3 aromatic carbocycles. The predicted octanol–water partition coefficient (Wildman–Crippen LogP) is 4.60. The van der Waals surface area contributed by atoms with Crippen LogP contribution in [-0.2, 0) is 16.6 Å². The number of rotatable bonds is 7. The zero-order chi connectivity index (χ0) is 21.7. The number of nitrogens with one attached hydrogen (secondary N) is 1. The van der Waals surface area contributed by atoms with Gasteiger partial charge in [-0.2, -0.15) is 4.31 Å². The third-order valence-corrected chi connectivity index (χ3v) is 6.64. The minimum atomic E-state index is -3.63. The van der Waals surface area contributed by atoms with E-state index >= 15 is 0 Å². The van der Waals surface area contributed by atoms with Crippen molar-refractivity contribution in [3.05, 3.63) is 95.3 Å². The van der Waals surface area contributed by atoms with Crippen LogP contribution in [0.1, 0.15) is 28.4 Å². The minimum absolute atomic E-state index is 0.105. The summed E-state index contributed by atoms with van der Waals surface area (Å²) in [6.45, 7) is 4.17. The molecule has 3 rings (SSSR count). The largest absolute Gasteiger partial charge is 0.319 e. The lowest BCUT2D eigenvalue weighted by Crippen LogP contribution is -2.30. The van der Waals surface area contributed by atoms with E-state index in [4.69, 9.17) is 0 Å². The Morgan fingerprint density at radius 1 is 0.967 bits per heavy atom. The fourth-order valence-electron chi connectivity index (χ4n) is 2.95. The van der Waals surface area contributed by atoms with E-state index in [0.717, 1.165) is 11.1 Å². The number of para-hydroxylation sites is 1. The van der Waals surface area contributed by atoms with E-state index in [1.165, 1.54) is 16.4 Å². The van der Waals surface area contributed by atoms with Gasteiger partial charge in [0.05, 0.1) is 10.6 Å². The second-order valence-corrected chi connectivity index (χ2v) is 8.81. The quantitative estimate of drug-likeness (QED) is 0.601. The Kier molecular flexibility index (Phi) is 6.64. The van der Waals surface area contributed by atoms with Crippen LogP contribution >= 0.6 is 0 Å². The smallest absolute Gasteiger partial charge is 0.255 e. The molecule has 0 aliphatic carbocycles. The van der Waals surface area contributed by atoms with Gasteiger partial charge in [0, 0.05) is 18.7 Å². The summed E-state index contributed by atoms with van der Waals surface area (Å²) >= 11 is 0. The topological polar surface area (TPSA) is 66.5 Å². The molecule has 1 N–H and O–H groups in total. The molecule has 0 radical (unpaired) electrons. The molecule has 156 valence electrons. The SMILES string of the molecule is CCN(Cc1ccc(C(=O)Nc2ccccc2F)cc1)S(=O)(=O)c1ccc(C)cc1. The van der Waals surface area contributed by atoms with Gasteiger partial charge in [-0.15, -0.1) is 0 Å². The van der Waals surface area contributed by atoms with Crippen LogP contribution in [0.4, 0.5) is 10.1 Å². The van der Waals surface area contributed by atoms with E-state index in [1.807, 2.05) is 6.92 Å². The van der Waals surface area contributed by atoms with Crippen molar-refractivity contribution >= 4 is 21.6 Å². The normalized spacial score (nSPS) is 11.5. The fourth-order valence-corrected chi connectivity index (χ4v) is 4.39. The highest BCUT2D eigenvalue weighted by Gasteiger charge is 2.23. The minimum Gasteiger partial charge on any atom is -0.319 e. The van der Waals surface area contributed by atoms with E-state index in [2.05, 4.69) is 5.32 Å². The average Bonchev–Trinajstić information content (AvgIpc) is 2.74. The van der Waals surface area contributed by atoms with E-state index in [9.17, 15) is 17.6 Å². The fraction of sp³-hybridized carbons (Fsp3) is 0.174. The number of hydrogen-bond acceptors (Lipinski definition) is 3. The van der Waals surface area contributed by atoms with Crippen molar-refractivity contribution in [3.8, 4) is 0 Å². The van der Waals surface area contributed by atoms with Gasteiger partial charge in [0.15, 0.2) is 0 Å². The number of sulfonamides is 1. The lowest BCUT2D eigenvalue weighted by atomic mass is 10.1. The van der Waals surface area contributed by atoms with Crippen LogP contribution in [0, 0.1) is 12.7 Å². The number of aryl methyl sites for hydroxylation is 1. The van der Waals surface area contributed by atoms with Gasteiger partial charge in [-0.25, -0.2) is 12.8 Å². The molecule has 0 saturated heterocycles. The van der Waals surface area contributed by atoms with Crippen molar-refractivity contribution in [3.63, 3.8) is 0 Å². The van der Waals surface area contributed by atoms with Gasteiger partial charge in [-0.05, 0) is 48.9 Å². The van der Waals surface area contributed by atoms with Crippen molar-refractivity contribution in [2.24, 2.45) is 0 Å². The van der Waals surface area contributed by atoms with Crippen molar-refractivity contribution < 1.29 is 17.6 Å². The zero-order valence-corrected chi connectivity index (χ0v) is 17.6. The summed E-state index contributed by atoms with van der Waals surface area (Å²) in [4.78, 5) is 12.6. The molecule has 0 aliphatic heterocycles. The first kappa shape index (κ1) is 21.7. The predicted molar refractivity (Wildman–Crippen MR) is 115 cm³/mol. The molecule has 3 aromatic rings. The number of carbonyl (C=O) groups is 1. The van der Waals surface area contributed by atoms with Crippen LogP contribution < -0.4 is 5.32 Å². The number of benzene rings is 3. The highest BCUT2D eigenvalue weighted by molar-refractivity contribution is 7.89. The number of halogens is 1. The van der Waals surface area contributed by atoms with E-state index in [-0.39, 0.29) is 17.1 Å². The van der Waals surface area contributed by atoms with Crippen molar-refractivity contribution in [2.45, 2.75) is 25.3 Å². The second-order valence-electron chi connectivity index (χ2n) is 6.88. The Labute approximate surface area is 176 Å². The van der Waals surface area contributed by atoms with Crippen molar-refractivity contribution in [2.75, 3.05) is 11.9 Å². The molecule has 0 saturated carbocycles. The van der Waals surface area contributed by atoms with Crippen molar-refractivity contribution in [1.29, 1.82) is 0 Å². The van der Waals surface area contributed by atoms with Gasteiger partial charge >= 0.3 is 0 Å². The van der Waals surface area contributed by atoms with Gasteiger partial charge in [0.25, 0.3) is 5.91 Å². The molecule has 0 atom stereocenters. The second kappa shape index (κ2) is 9.19. The summed E-state index contributed by atoms with van der Waals surface area (Å²) in [6, 6.07) is 19.3. The monoisotopic (exact) mass is 426 g/mol. The number of amides is 1. The van der Waals surface area contributed by atoms with Gasteiger partial charge in [0.1, 0.15) is 5.82 Å². The highest BCUT2D eigenvalue weighted by atomic mass is 32.2. The average molecular weight is 427 g/mol. The summed E-state index contributed by atoms with van der Waals surface area (Å²) in [5, 5.41) is 2.53. The Hall–Kier alpha value is -3.03. The maximum Gasteiger partial charge on any atom is 0.255 e. The molecule has 0 bridgehead atoms. The molecule has 5 nitrogen and oxygen atoms in total. The van der Waals surface area contributed by atoms with E-state index < -0.39 is 21.7 Å². The molecule has 30 heavy (non-hydrogen) atoms. The van der Waals surface area contributed by atoms with Crippen molar-refractivity contribution in [1.82, 2.24) is 4.31 Å². The van der Waals surface area contributed by atoms with Crippen LogP contribution in [0.3, 0.4) is 0 Å². The van der Waals surface area contributed by atoms with E-state index in [0.29, 0.717) is 12.1 Å². The number of hydrogen-bond donors (Lipinski definition) is 1. The summed E-state index contributed by atoms with van der Waals surface area (Å²) in [5.41, 5.74) is 2.19. The molecule has 0 fully saturated rings. The number of anilines is 1. The Bertz CT molecular complexity index is 1130. The van der Waals surface area contributed by atoms with Gasteiger partial charge in [0.2, 0.25) is 10.0 Å². The highest BCUT2D eigenvalue weighted by Crippen LogP contribution is 2.20. The third-order valence-electron chi connectivity index (χ3n) is 4.71. The molecular weight excluding hydrogens is 403 g/mol. The molecule has 0 heterocycles. The van der Waals surface area contributed by atoms with Crippen LogP contribution in [-0.4, -0.2) is 25.2 Å².